The third-order valence-corrected chi connectivity index (χ3v) is 4.30. The summed E-state index contributed by atoms with van der Waals surface area (Å²) in [5.41, 5.74) is 1.44. The van der Waals surface area contributed by atoms with Crippen LogP contribution < -0.4 is 0 Å². The lowest BCUT2D eigenvalue weighted by Crippen LogP contribution is -2.06. The number of nitrogens with zero attached hydrogens (tertiary/aromatic N) is 1. The summed E-state index contributed by atoms with van der Waals surface area (Å²) in [6.45, 7) is 2.37. The van der Waals surface area contributed by atoms with Crippen molar-refractivity contribution in [3.63, 3.8) is 0 Å². The fourth-order valence-electron chi connectivity index (χ4n) is 3.21. The highest BCUT2D eigenvalue weighted by molar-refractivity contribution is 5.85. The first-order valence-corrected chi connectivity index (χ1v) is 6.69. The van der Waals surface area contributed by atoms with Gasteiger partial charge in [0, 0.05) is 17.8 Å². The molecule has 1 aromatic carbocycles. The number of pyridine rings is 1. The Hall–Kier alpha value is -1.37. The molecule has 1 aliphatic rings. The van der Waals surface area contributed by atoms with E-state index in [4.69, 9.17) is 0 Å². The molecule has 0 aliphatic heterocycles. The van der Waals surface area contributed by atoms with Crippen LogP contribution in [0.25, 0.3) is 10.8 Å². The maximum absolute atomic E-state index is 4.41. The number of fused-ring (bicyclic) bond motifs is 1. The smallest absolute Gasteiger partial charge is 0.0346 e. The van der Waals surface area contributed by atoms with Crippen LogP contribution in [-0.2, 0) is 0 Å². The van der Waals surface area contributed by atoms with Gasteiger partial charge in [0.2, 0.25) is 0 Å². The van der Waals surface area contributed by atoms with Gasteiger partial charge in [-0.2, -0.15) is 0 Å². The molecule has 3 rings (SSSR count). The van der Waals surface area contributed by atoms with Crippen molar-refractivity contribution in [1.29, 1.82) is 0 Å². The number of rotatable bonds is 2. The van der Waals surface area contributed by atoms with Crippen LogP contribution in [0.5, 0.6) is 0 Å². The standard InChI is InChI=1S/C16H19N/c1-12(13-6-2-3-7-13)16-11-17-10-14-8-4-5-9-15(14)16/h4-5,8-13H,2-3,6-7H2,1H3. The van der Waals surface area contributed by atoms with Crippen LogP contribution in [0.2, 0.25) is 0 Å². The molecule has 1 heterocycles. The lowest BCUT2D eigenvalue weighted by atomic mass is 9.85. The van der Waals surface area contributed by atoms with E-state index in [1.54, 1.807) is 0 Å². The molecule has 0 radical (unpaired) electrons. The predicted molar refractivity (Wildman–Crippen MR) is 72.1 cm³/mol. The normalized spacial score (nSPS) is 18.6. The maximum Gasteiger partial charge on any atom is 0.0346 e. The molecule has 2 aromatic rings. The molecule has 1 heteroatoms. The second-order valence-corrected chi connectivity index (χ2v) is 5.28. The van der Waals surface area contributed by atoms with Crippen molar-refractivity contribution < 1.29 is 0 Å². The monoisotopic (exact) mass is 225 g/mol. The molecule has 0 N–H and O–H groups in total. The molecule has 1 aliphatic carbocycles. The Morgan fingerprint density at radius 1 is 1.12 bits per heavy atom. The SMILES string of the molecule is CC(c1cncc2ccccc12)C1CCCC1. The van der Waals surface area contributed by atoms with Gasteiger partial charge < -0.3 is 0 Å². The van der Waals surface area contributed by atoms with Crippen molar-refractivity contribution in [2.45, 2.75) is 38.5 Å². The van der Waals surface area contributed by atoms with E-state index in [9.17, 15) is 0 Å². The van der Waals surface area contributed by atoms with Crippen molar-refractivity contribution in [3.05, 3.63) is 42.2 Å². The van der Waals surface area contributed by atoms with Crippen LogP contribution in [-0.4, -0.2) is 4.98 Å². The Kier molecular flexibility index (Phi) is 2.84. The van der Waals surface area contributed by atoms with Gasteiger partial charge in [0.15, 0.2) is 0 Å². The molecule has 1 saturated carbocycles. The highest BCUT2D eigenvalue weighted by Crippen LogP contribution is 2.38. The zero-order valence-electron chi connectivity index (χ0n) is 10.4. The number of hydrogen-bond donors (Lipinski definition) is 0. The van der Waals surface area contributed by atoms with Crippen LogP contribution in [0, 0.1) is 5.92 Å². The molecule has 0 amide bonds. The Balaban J connectivity index is 2.04. The Morgan fingerprint density at radius 2 is 1.88 bits per heavy atom. The van der Waals surface area contributed by atoms with Gasteiger partial charge in [-0.05, 0) is 35.6 Å². The molecule has 0 bridgehead atoms. The summed E-state index contributed by atoms with van der Waals surface area (Å²) in [7, 11) is 0. The van der Waals surface area contributed by atoms with E-state index in [-0.39, 0.29) is 0 Å². The molecule has 88 valence electrons. The lowest BCUT2D eigenvalue weighted by Gasteiger charge is -2.20. The van der Waals surface area contributed by atoms with Gasteiger partial charge >= 0.3 is 0 Å². The van der Waals surface area contributed by atoms with Gasteiger partial charge in [0.25, 0.3) is 0 Å². The lowest BCUT2D eigenvalue weighted by molar-refractivity contribution is 0.462. The summed E-state index contributed by atoms with van der Waals surface area (Å²) in [5.74, 6) is 1.51. The third-order valence-electron chi connectivity index (χ3n) is 4.30. The zero-order valence-corrected chi connectivity index (χ0v) is 10.4. The highest BCUT2D eigenvalue weighted by Gasteiger charge is 2.23. The Morgan fingerprint density at radius 3 is 2.71 bits per heavy atom. The first kappa shape index (κ1) is 10.8. The zero-order chi connectivity index (χ0) is 11.7. The van der Waals surface area contributed by atoms with E-state index in [2.05, 4.69) is 42.4 Å². The summed E-state index contributed by atoms with van der Waals surface area (Å²) in [6.07, 6.45) is 9.65. The topological polar surface area (TPSA) is 12.9 Å². The summed E-state index contributed by atoms with van der Waals surface area (Å²) in [4.78, 5) is 4.41. The average Bonchev–Trinajstić information content (AvgIpc) is 2.91. The predicted octanol–water partition coefficient (Wildman–Crippen LogP) is 4.53. The Bertz CT molecular complexity index is 506. The van der Waals surface area contributed by atoms with Gasteiger partial charge in [-0.1, -0.05) is 44.0 Å². The van der Waals surface area contributed by atoms with E-state index < -0.39 is 0 Å². The number of benzene rings is 1. The first-order valence-electron chi connectivity index (χ1n) is 6.69. The number of hydrogen-bond acceptors (Lipinski definition) is 1. The van der Waals surface area contributed by atoms with Crippen LogP contribution in [0.4, 0.5) is 0 Å². The molecular weight excluding hydrogens is 206 g/mol. The third kappa shape index (κ3) is 1.95. The second kappa shape index (κ2) is 4.48. The molecule has 0 spiro atoms. The largest absolute Gasteiger partial charge is 0.264 e. The van der Waals surface area contributed by atoms with Crippen molar-refractivity contribution >= 4 is 10.8 Å². The molecule has 1 atom stereocenters. The van der Waals surface area contributed by atoms with Crippen molar-refractivity contribution in [2.75, 3.05) is 0 Å². The fourth-order valence-corrected chi connectivity index (χ4v) is 3.21. The fraction of sp³-hybridized carbons (Fsp3) is 0.438. The highest BCUT2D eigenvalue weighted by atomic mass is 14.6. The molecule has 17 heavy (non-hydrogen) atoms. The van der Waals surface area contributed by atoms with Crippen LogP contribution in [0.3, 0.4) is 0 Å². The van der Waals surface area contributed by atoms with E-state index in [0.717, 1.165) is 5.92 Å². The molecule has 0 saturated heterocycles. The second-order valence-electron chi connectivity index (χ2n) is 5.28. The van der Waals surface area contributed by atoms with Gasteiger partial charge in [-0.15, -0.1) is 0 Å². The minimum atomic E-state index is 0.649. The molecule has 1 aromatic heterocycles. The van der Waals surface area contributed by atoms with Gasteiger partial charge in [0.05, 0.1) is 0 Å². The van der Waals surface area contributed by atoms with Crippen molar-refractivity contribution in [2.24, 2.45) is 5.92 Å². The minimum Gasteiger partial charge on any atom is -0.264 e. The van der Waals surface area contributed by atoms with Crippen molar-refractivity contribution in [1.82, 2.24) is 4.98 Å². The van der Waals surface area contributed by atoms with Gasteiger partial charge in [-0.25, -0.2) is 0 Å². The van der Waals surface area contributed by atoms with E-state index in [0.29, 0.717) is 5.92 Å². The van der Waals surface area contributed by atoms with Crippen LogP contribution in [0.1, 0.15) is 44.1 Å². The summed E-state index contributed by atoms with van der Waals surface area (Å²) in [6, 6.07) is 8.62. The maximum atomic E-state index is 4.41. The molecule has 1 fully saturated rings. The summed E-state index contributed by atoms with van der Waals surface area (Å²) in [5, 5.41) is 2.66. The molecule has 1 unspecified atom stereocenters. The summed E-state index contributed by atoms with van der Waals surface area (Å²) < 4.78 is 0. The molecule has 1 nitrogen and oxygen atoms in total. The quantitative estimate of drug-likeness (QED) is 0.731. The van der Waals surface area contributed by atoms with E-state index in [1.807, 2.05) is 6.20 Å². The minimum absolute atomic E-state index is 0.649. The van der Waals surface area contributed by atoms with Crippen LogP contribution in [0.15, 0.2) is 36.7 Å². The van der Waals surface area contributed by atoms with Gasteiger partial charge in [0.1, 0.15) is 0 Å². The Labute approximate surface area is 103 Å². The van der Waals surface area contributed by atoms with Crippen molar-refractivity contribution in [3.8, 4) is 0 Å². The first-order chi connectivity index (χ1) is 8.36. The summed E-state index contributed by atoms with van der Waals surface area (Å²) >= 11 is 0. The number of aromatic nitrogens is 1. The van der Waals surface area contributed by atoms with E-state index >= 15 is 0 Å². The average molecular weight is 225 g/mol. The van der Waals surface area contributed by atoms with E-state index in [1.165, 1.54) is 42.0 Å². The van der Waals surface area contributed by atoms with Crippen LogP contribution >= 0.6 is 0 Å². The van der Waals surface area contributed by atoms with Gasteiger partial charge in [-0.3, -0.25) is 4.98 Å². The molecular formula is C16H19N.